The van der Waals surface area contributed by atoms with Crippen molar-refractivity contribution >= 4 is 23.0 Å². The summed E-state index contributed by atoms with van der Waals surface area (Å²) in [5.41, 5.74) is 2.36. The van der Waals surface area contributed by atoms with Crippen LogP contribution in [0.1, 0.15) is 31.7 Å². The van der Waals surface area contributed by atoms with Gasteiger partial charge in [0.2, 0.25) is 0 Å². The Morgan fingerprint density at radius 2 is 1.83 bits per heavy atom. The standard InChI is InChI=1S/C20H26N2OS/c1-2-21-20(24)22-18-13-9-14-19(16-18)23-15-8-4-7-12-17-10-5-3-6-11-17/h3,5-6,9-11,13-14,16H,2,4,7-8,12,15H2,1H3,(H2,21,22,24). The third kappa shape index (κ3) is 7.01. The van der Waals surface area contributed by atoms with Gasteiger partial charge in [-0.3, -0.25) is 0 Å². The average molecular weight is 343 g/mol. The van der Waals surface area contributed by atoms with Crippen molar-refractivity contribution in [3.8, 4) is 5.75 Å². The molecule has 2 aromatic rings. The van der Waals surface area contributed by atoms with Gasteiger partial charge in [-0.1, -0.05) is 36.4 Å². The lowest BCUT2D eigenvalue weighted by Crippen LogP contribution is -2.27. The number of hydrogen-bond acceptors (Lipinski definition) is 2. The molecule has 0 aromatic heterocycles. The fraction of sp³-hybridized carbons (Fsp3) is 0.350. The Morgan fingerprint density at radius 1 is 1.00 bits per heavy atom. The summed E-state index contributed by atoms with van der Waals surface area (Å²) in [6.07, 6.45) is 4.59. The van der Waals surface area contributed by atoms with Crippen molar-refractivity contribution in [1.82, 2.24) is 5.32 Å². The van der Waals surface area contributed by atoms with Gasteiger partial charge in [-0.25, -0.2) is 0 Å². The van der Waals surface area contributed by atoms with Crippen molar-refractivity contribution in [2.75, 3.05) is 18.5 Å². The van der Waals surface area contributed by atoms with Crippen LogP contribution in [-0.2, 0) is 6.42 Å². The van der Waals surface area contributed by atoms with Crippen LogP contribution in [0, 0.1) is 0 Å². The third-order valence-corrected chi connectivity index (χ3v) is 3.90. The first-order valence-corrected chi connectivity index (χ1v) is 9.00. The summed E-state index contributed by atoms with van der Waals surface area (Å²) >= 11 is 5.19. The van der Waals surface area contributed by atoms with E-state index in [9.17, 15) is 0 Å². The molecule has 2 rings (SSSR count). The third-order valence-electron chi connectivity index (χ3n) is 3.65. The maximum Gasteiger partial charge on any atom is 0.170 e. The van der Waals surface area contributed by atoms with Crippen molar-refractivity contribution in [2.24, 2.45) is 0 Å². The molecule has 2 N–H and O–H groups in total. The highest BCUT2D eigenvalue weighted by Gasteiger charge is 1.99. The first kappa shape index (κ1) is 18.3. The number of hydrogen-bond donors (Lipinski definition) is 2. The number of nitrogens with one attached hydrogen (secondary N) is 2. The van der Waals surface area contributed by atoms with Crippen LogP contribution in [0.3, 0.4) is 0 Å². The molecule has 0 aliphatic carbocycles. The smallest absolute Gasteiger partial charge is 0.170 e. The Morgan fingerprint density at radius 3 is 2.62 bits per heavy atom. The summed E-state index contributed by atoms with van der Waals surface area (Å²) in [6.45, 7) is 3.58. The van der Waals surface area contributed by atoms with E-state index in [1.165, 1.54) is 18.4 Å². The number of rotatable bonds is 9. The number of ether oxygens (including phenoxy) is 1. The van der Waals surface area contributed by atoms with E-state index in [0.29, 0.717) is 5.11 Å². The van der Waals surface area contributed by atoms with Crippen molar-refractivity contribution < 1.29 is 4.74 Å². The molecular formula is C20H26N2OS. The molecule has 0 fully saturated rings. The van der Waals surface area contributed by atoms with Gasteiger partial charge in [0.1, 0.15) is 5.75 Å². The van der Waals surface area contributed by atoms with Crippen LogP contribution < -0.4 is 15.4 Å². The van der Waals surface area contributed by atoms with E-state index in [1.54, 1.807) is 0 Å². The minimum absolute atomic E-state index is 0.635. The van der Waals surface area contributed by atoms with E-state index in [-0.39, 0.29) is 0 Å². The van der Waals surface area contributed by atoms with Crippen molar-refractivity contribution in [2.45, 2.75) is 32.6 Å². The number of thiocarbonyl (C=S) groups is 1. The maximum atomic E-state index is 5.84. The van der Waals surface area contributed by atoms with E-state index in [2.05, 4.69) is 41.0 Å². The van der Waals surface area contributed by atoms with Crippen LogP contribution in [0.5, 0.6) is 5.75 Å². The van der Waals surface area contributed by atoms with E-state index in [0.717, 1.165) is 37.4 Å². The summed E-state index contributed by atoms with van der Waals surface area (Å²) < 4.78 is 5.84. The Balaban J connectivity index is 1.64. The molecule has 0 aliphatic rings. The summed E-state index contributed by atoms with van der Waals surface area (Å²) in [4.78, 5) is 0. The number of aryl methyl sites for hydroxylation is 1. The zero-order valence-electron chi connectivity index (χ0n) is 14.3. The van der Waals surface area contributed by atoms with Gasteiger partial charge in [-0.15, -0.1) is 0 Å². The quantitative estimate of drug-likeness (QED) is 0.507. The average Bonchev–Trinajstić information content (AvgIpc) is 2.59. The fourth-order valence-corrected chi connectivity index (χ4v) is 2.70. The van der Waals surface area contributed by atoms with Crippen LogP contribution in [0.2, 0.25) is 0 Å². The minimum atomic E-state index is 0.635. The van der Waals surface area contributed by atoms with Crippen LogP contribution >= 0.6 is 12.2 Å². The molecule has 0 spiro atoms. The molecule has 0 bridgehead atoms. The zero-order chi connectivity index (χ0) is 17.0. The molecule has 0 saturated heterocycles. The summed E-state index contributed by atoms with van der Waals surface area (Å²) in [6, 6.07) is 18.5. The molecule has 3 nitrogen and oxygen atoms in total. The zero-order valence-corrected chi connectivity index (χ0v) is 15.1. The lowest BCUT2D eigenvalue weighted by atomic mass is 10.1. The van der Waals surface area contributed by atoms with Gasteiger partial charge in [0, 0.05) is 18.3 Å². The molecule has 4 heteroatoms. The minimum Gasteiger partial charge on any atom is -0.494 e. The number of benzene rings is 2. The molecular weight excluding hydrogens is 316 g/mol. The molecule has 24 heavy (non-hydrogen) atoms. The second-order valence-electron chi connectivity index (χ2n) is 5.66. The molecule has 0 amide bonds. The van der Waals surface area contributed by atoms with Crippen molar-refractivity contribution in [3.05, 3.63) is 60.2 Å². The number of anilines is 1. The molecule has 0 unspecified atom stereocenters. The van der Waals surface area contributed by atoms with Gasteiger partial charge in [0.25, 0.3) is 0 Å². The summed E-state index contributed by atoms with van der Waals surface area (Å²) in [7, 11) is 0. The predicted molar refractivity (Wildman–Crippen MR) is 106 cm³/mol. The summed E-state index contributed by atoms with van der Waals surface area (Å²) in [5, 5.41) is 6.86. The van der Waals surface area contributed by atoms with E-state index in [4.69, 9.17) is 17.0 Å². The largest absolute Gasteiger partial charge is 0.494 e. The van der Waals surface area contributed by atoms with E-state index >= 15 is 0 Å². The highest BCUT2D eigenvalue weighted by atomic mass is 32.1. The molecule has 0 aliphatic heterocycles. The highest BCUT2D eigenvalue weighted by Crippen LogP contribution is 2.18. The molecule has 2 aromatic carbocycles. The maximum absolute atomic E-state index is 5.84. The van der Waals surface area contributed by atoms with E-state index in [1.807, 2.05) is 31.2 Å². The topological polar surface area (TPSA) is 33.3 Å². The lowest BCUT2D eigenvalue weighted by Gasteiger charge is -2.11. The molecule has 0 radical (unpaired) electrons. The Kier molecular flexibility index (Phi) is 8.11. The molecule has 0 saturated carbocycles. The Bertz CT molecular complexity index is 616. The van der Waals surface area contributed by atoms with Gasteiger partial charge < -0.3 is 15.4 Å². The second-order valence-corrected chi connectivity index (χ2v) is 6.07. The molecule has 128 valence electrons. The second kappa shape index (κ2) is 10.7. The van der Waals surface area contributed by atoms with Gasteiger partial charge in [-0.2, -0.15) is 0 Å². The first-order chi connectivity index (χ1) is 11.8. The summed E-state index contributed by atoms with van der Waals surface area (Å²) in [5.74, 6) is 0.877. The highest BCUT2D eigenvalue weighted by molar-refractivity contribution is 7.80. The molecule has 0 heterocycles. The van der Waals surface area contributed by atoms with Crippen molar-refractivity contribution in [1.29, 1.82) is 0 Å². The van der Waals surface area contributed by atoms with Crippen LogP contribution in [-0.4, -0.2) is 18.3 Å². The Hall–Kier alpha value is -2.07. The van der Waals surface area contributed by atoms with Gasteiger partial charge in [0.15, 0.2) is 5.11 Å². The van der Waals surface area contributed by atoms with Gasteiger partial charge in [0.05, 0.1) is 6.61 Å². The Labute approximate surface area is 150 Å². The SMILES string of the molecule is CCNC(=S)Nc1cccc(OCCCCCc2ccccc2)c1. The van der Waals surface area contributed by atoms with Crippen LogP contribution in [0.4, 0.5) is 5.69 Å². The van der Waals surface area contributed by atoms with Crippen LogP contribution in [0.25, 0.3) is 0 Å². The van der Waals surface area contributed by atoms with Crippen LogP contribution in [0.15, 0.2) is 54.6 Å². The fourth-order valence-electron chi connectivity index (χ4n) is 2.44. The normalized spacial score (nSPS) is 10.2. The van der Waals surface area contributed by atoms with Crippen molar-refractivity contribution in [3.63, 3.8) is 0 Å². The van der Waals surface area contributed by atoms with Gasteiger partial charge >= 0.3 is 0 Å². The first-order valence-electron chi connectivity index (χ1n) is 8.59. The monoisotopic (exact) mass is 342 g/mol. The predicted octanol–water partition coefficient (Wildman–Crippen LogP) is 4.78. The van der Waals surface area contributed by atoms with Gasteiger partial charge in [-0.05, 0) is 62.5 Å². The van der Waals surface area contributed by atoms with E-state index < -0.39 is 0 Å². The lowest BCUT2D eigenvalue weighted by molar-refractivity contribution is 0.305. The molecule has 0 atom stereocenters. The number of unbranched alkanes of at least 4 members (excludes halogenated alkanes) is 2.